The molecule has 0 radical (unpaired) electrons. The summed E-state index contributed by atoms with van der Waals surface area (Å²) >= 11 is 0. The summed E-state index contributed by atoms with van der Waals surface area (Å²) in [6.45, 7) is -0.232. The molecule has 0 saturated carbocycles. The van der Waals surface area contributed by atoms with Crippen LogP contribution in [0.5, 0.6) is 0 Å². The van der Waals surface area contributed by atoms with Crippen LogP contribution in [-0.2, 0) is 54.7 Å². The van der Waals surface area contributed by atoms with E-state index < -0.39 is 99.1 Å². The highest BCUT2D eigenvalue weighted by atomic mass is 31.3. The number of aliphatic hydroxyl groups is 2. The van der Waals surface area contributed by atoms with E-state index >= 15 is 0 Å². The van der Waals surface area contributed by atoms with Crippen molar-refractivity contribution in [1.82, 2.24) is 29.1 Å². The minimum absolute atomic E-state index is 0.121. The average Bonchev–Trinajstić information content (AvgIpc) is 3.85. The molecule has 29 nitrogen and oxygen atoms in total. The van der Waals surface area contributed by atoms with Crippen molar-refractivity contribution in [3.63, 3.8) is 0 Å². The van der Waals surface area contributed by atoms with Crippen LogP contribution in [0.25, 0.3) is 16.9 Å². The first-order valence-corrected chi connectivity index (χ1v) is 22.5. The summed E-state index contributed by atoms with van der Waals surface area (Å²) in [5, 5.41) is 21.5. The number of aromatic nitrogens is 6. The third kappa shape index (κ3) is 9.59. The first-order valence-electron chi connectivity index (χ1n) is 16.5. The molecule has 12 N–H and O–H groups in total. The van der Waals surface area contributed by atoms with Crippen molar-refractivity contribution in [3.05, 3.63) is 34.3 Å². The SMILES string of the molecule is CCC1=C(N)c2ncn([C@@H]3O[C@H](COP(=O)(O)OP(=O)(O)OP(=O)(O)O)[C@@H](OP(=O)(O)OC[C@H]4O[C@@H](n5cnc6c(=O)[nH]c(N)nc65)[C@H](O)[C@@H]4O)[C@H]3OC)c2N=CC1. The molecule has 322 valence electrons. The van der Waals surface area contributed by atoms with Gasteiger partial charge in [-0.2, -0.15) is 13.6 Å². The maximum atomic E-state index is 13.5. The van der Waals surface area contributed by atoms with Crippen molar-refractivity contribution in [3.8, 4) is 0 Å². The lowest BCUT2D eigenvalue weighted by atomic mass is 10.1. The Morgan fingerprint density at radius 2 is 1.53 bits per heavy atom. The van der Waals surface area contributed by atoms with Gasteiger partial charge in [0.05, 0.1) is 31.6 Å². The van der Waals surface area contributed by atoms with E-state index in [2.05, 4.69) is 33.5 Å². The zero-order valence-corrected chi connectivity index (χ0v) is 33.3. The molecule has 11 atom stereocenters. The van der Waals surface area contributed by atoms with Crippen LogP contribution in [0.3, 0.4) is 0 Å². The molecule has 2 fully saturated rings. The number of H-pyrrole nitrogens is 1. The third-order valence-corrected chi connectivity index (χ3v) is 13.5. The van der Waals surface area contributed by atoms with Gasteiger partial charge in [-0.05, 0) is 12.0 Å². The first-order chi connectivity index (χ1) is 27.0. The number of phosphoric acid groups is 4. The van der Waals surface area contributed by atoms with Crippen LogP contribution in [0, 0.1) is 0 Å². The second-order valence-corrected chi connectivity index (χ2v) is 18.3. The molecule has 3 aliphatic rings. The second-order valence-electron chi connectivity index (χ2n) is 12.5. The molecule has 3 aromatic heterocycles. The van der Waals surface area contributed by atoms with E-state index in [4.69, 9.17) is 49.0 Å². The summed E-state index contributed by atoms with van der Waals surface area (Å²) in [7, 11) is -21.6. The molecule has 6 rings (SSSR count). The molecule has 3 aliphatic heterocycles. The number of nitrogens with zero attached hydrogens (tertiary/aromatic N) is 6. The van der Waals surface area contributed by atoms with Crippen LogP contribution in [-0.4, -0.2) is 127 Å². The van der Waals surface area contributed by atoms with Crippen molar-refractivity contribution in [2.45, 2.75) is 68.8 Å². The maximum absolute atomic E-state index is 13.5. The number of aliphatic hydroxyl groups excluding tert-OH is 2. The Morgan fingerprint density at radius 1 is 0.879 bits per heavy atom. The zero-order chi connectivity index (χ0) is 42.5. The quantitative estimate of drug-likeness (QED) is 0.0783. The van der Waals surface area contributed by atoms with Crippen LogP contribution in [0.1, 0.15) is 37.9 Å². The van der Waals surface area contributed by atoms with Gasteiger partial charge < -0.3 is 60.4 Å². The number of aromatic amines is 1. The number of nitrogens with two attached hydrogens (primary N) is 2. The maximum Gasteiger partial charge on any atom is 0.490 e. The molecule has 0 amide bonds. The van der Waals surface area contributed by atoms with Crippen LogP contribution in [0.15, 0.2) is 28.0 Å². The Bertz CT molecular complexity index is 2350. The molecule has 0 spiro atoms. The number of allylic oxidation sites excluding steroid dienone is 1. The molecule has 58 heavy (non-hydrogen) atoms. The number of imidazole rings is 2. The number of rotatable bonds is 16. The number of aliphatic imine (C=N–C) groups is 1. The van der Waals surface area contributed by atoms with Crippen molar-refractivity contribution in [1.29, 1.82) is 0 Å². The fourth-order valence-electron chi connectivity index (χ4n) is 6.21. The lowest BCUT2D eigenvalue weighted by Gasteiger charge is -2.26. The number of fused-ring (bicyclic) bond motifs is 2. The lowest BCUT2D eigenvalue weighted by molar-refractivity contribution is -0.0587. The fourth-order valence-corrected chi connectivity index (χ4v) is 10.2. The first kappa shape index (κ1) is 44.4. The third-order valence-electron chi connectivity index (χ3n) is 8.75. The minimum atomic E-state index is -5.94. The number of phosphoric ester groups is 2. The van der Waals surface area contributed by atoms with Crippen LogP contribution in [0.2, 0.25) is 0 Å². The number of hydrogen-bond donors (Lipinski definition) is 10. The Labute approximate surface area is 324 Å². The normalized spacial score (nSPS) is 29.6. The standard InChI is InChI=1S/C25H37N9O20P4/c1-3-10-4-5-28-20-14(13(10)26)29-8-33(20)24-19(47-2)18(12(51-24)7-49-57(43,44)54-58(45,46)53-55(38,39)40)52-56(41,42)48-6-11-16(35)17(36)23(50-11)34-9-30-15-21(34)31-25(27)32-22(15)37/h5,8-9,11-12,16-19,23-24,35-36H,3-4,6-7,26H2,1-2H3,(H,41,42)(H,43,44)(H,45,46)(H2,38,39,40)(H3,27,31,32,37)/t11-,12-,16-,17-,18-,19-,23-,24-/m1/s1. The summed E-state index contributed by atoms with van der Waals surface area (Å²) < 4.78 is 91.6. The van der Waals surface area contributed by atoms with E-state index in [1.807, 2.05) is 6.92 Å². The molecule has 33 heteroatoms. The Morgan fingerprint density at radius 3 is 2.21 bits per heavy atom. The number of nitrogens with one attached hydrogen (secondary N) is 1. The largest absolute Gasteiger partial charge is 0.490 e. The zero-order valence-electron chi connectivity index (χ0n) is 29.7. The van der Waals surface area contributed by atoms with Gasteiger partial charge in [-0.15, -0.1) is 0 Å². The number of anilines is 1. The molecule has 3 unspecified atom stereocenters. The highest BCUT2D eigenvalue weighted by Crippen LogP contribution is 2.66. The van der Waals surface area contributed by atoms with Gasteiger partial charge in [0.1, 0.15) is 42.3 Å². The minimum Gasteiger partial charge on any atom is -0.397 e. The highest BCUT2D eigenvalue weighted by Gasteiger charge is 2.53. The van der Waals surface area contributed by atoms with Gasteiger partial charge in [-0.1, -0.05) is 6.92 Å². The van der Waals surface area contributed by atoms with E-state index in [-0.39, 0.29) is 28.6 Å². The molecular formula is C25H37N9O20P4. The second kappa shape index (κ2) is 16.7. The monoisotopic (exact) mass is 907 g/mol. The van der Waals surface area contributed by atoms with Gasteiger partial charge in [0.25, 0.3) is 5.56 Å². The molecule has 0 aliphatic carbocycles. The summed E-state index contributed by atoms with van der Waals surface area (Å²) in [4.78, 5) is 79.4. The summed E-state index contributed by atoms with van der Waals surface area (Å²) in [6, 6.07) is 0. The van der Waals surface area contributed by atoms with Gasteiger partial charge in [0.2, 0.25) is 5.95 Å². The molecule has 0 bridgehead atoms. The van der Waals surface area contributed by atoms with E-state index in [0.29, 0.717) is 18.5 Å². The van der Waals surface area contributed by atoms with Crippen molar-refractivity contribution >= 4 is 66.1 Å². The molecule has 2 saturated heterocycles. The Kier molecular flexibility index (Phi) is 12.8. The van der Waals surface area contributed by atoms with Crippen molar-refractivity contribution in [2.75, 3.05) is 26.1 Å². The molecular weight excluding hydrogens is 870 g/mol. The van der Waals surface area contributed by atoms with Crippen LogP contribution in [0.4, 0.5) is 11.8 Å². The van der Waals surface area contributed by atoms with Crippen LogP contribution < -0.4 is 17.0 Å². The summed E-state index contributed by atoms with van der Waals surface area (Å²) in [6.07, 6.45) is -8.08. The number of ether oxygens (including phenoxy) is 3. The average molecular weight is 908 g/mol. The topological polar surface area (TPSA) is 430 Å². The lowest BCUT2D eigenvalue weighted by Crippen LogP contribution is -2.38. The molecule has 6 heterocycles. The summed E-state index contributed by atoms with van der Waals surface area (Å²) in [5.41, 5.74) is 12.3. The van der Waals surface area contributed by atoms with Crippen LogP contribution >= 0.6 is 31.3 Å². The van der Waals surface area contributed by atoms with Gasteiger partial charge in [-0.25, -0.2) is 33.2 Å². The smallest absolute Gasteiger partial charge is 0.397 e. The molecule has 0 aromatic carbocycles. The van der Waals surface area contributed by atoms with Gasteiger partial charge in [0.15, 0.2) is 29.4 Å². The van der Waals surface area contributed by atoms with Gasteiger partial charge in [-0.3, -0.25) is 32.5 Å². The number of methoxy groups -OCH3 is 1. The fraction of sp³-hybridized carbons (Fsp3) is 0.560. The van der Waals surface area contributed by atoms with E-state index in [1.165, 1.54) is 10.9 Å². The number of nitrogen functional groups attached to an aromatic ring is 1. The van der Waals surface area contributed by atoms with Gasteiger partial charge >= 0.3 is 31.3 Å². The Balaban J connectivity index is 1.23. The highest BCUT2D eigenvalue weighted by molar-refractivity contribution is 7.66. The predicted molar refractivity (Wildman–Crippen MR) is 190 cm³/mol. The summed E-state index contributed by atoms with van der Waals surface area (Å²) in [5.74, 6) is -0.154. The van der Waals surface area contributed by atoms with Crippen molar-refractivity contribution < 1.29 is 89.3 Å². The van der Waals surface area contributed by atoms with E-state index in [9.17, 15) is 47.9 Å². The Hall–Kier alpha value is -3.11. The van der Waals surface area contributed by atoms with E-state index in [0.717, 1.165) is 23.6 Å². The predicted octanol–water partition coefficient (Wildman–Crippen LogP) is -0.839. The molecule has 3 aromatic rings. The van der Waals surface area contributed by atoms with Crippen molar-refractivity contribution in [2.24, 2.45) is 10.7 Å². The number of hydrogen-bond acceptors (Lipinski definition) is 21. The van der Waals surface area contributed by atoms with Gasteiger partial charge in [0, 0.05) is 19.7 Å². The van der Waals surface area contributed by atoms with E-state index in [1.54, 1.807) is 6.21 Å².